The van der Waals surface area contributed by atoms with Crippen LogP contribution in [-0.2, 0) is 14.6 Å². The van der Waals surface area contributed by atoms with E-state index in [4.69, 9.17) is 0 Å². The smallest absolute Gasteiger partial charge is 0.238 e. The Hall–Kier alpha value is -2.44. The molecule has 1 aliphatic rings. The molecule has 1 heterocycles. The van der Waals surface area contributed by atoms with Crippen LogP contribution in [0.2, 0.25) is 0 Å². The van der Waals surface area contributed by atoms with Crippen LogP contribution in [0.25, 0.3) is 5.57 Å². The lowest BCUT2D eigenvalue weighted by molar-refractivity contribution is -0.117. The van der Waals surface area contributed by atoms with Gasteiger partial charge in [0, 0.05) is 19.3 Å². The molecule has 2 aromatic rings. The molecule has 0 unspecified atom stereocenters. The summed E-state index contributed by atoms with van der Waals surface area (Å²) in [5.74, 6) is -0.210. The van der Waals surface area contributed by atoms with Crippen molar-refractivity contribution in [1.29, 1.82) is 0 Å². The van der Waals surface area contributed by atoms with Crippen LogP contribution in [0, 0.1) is 0 Å². The van der Waals surface area contributed by atoms with Crippen LogP contribution in [0.3, 0.4) is 0 Å². The lowest BCUT2D eigenvalue weighted by Gasteiger charge is -2.26. The van der Waals surface area contributed by atoms with E-state index in [9.17, 15) is 13.2 Å². The third-order valence-corrected chi connectivity index (χ3v) is 5.52. The third kappa shape index (κ3) is 4.59. The highest BCUT2D eigenvalue weighted by molar-refractivity contribution is 7.90. The zero-order valence-electron chi connectivity index (χ0n) is 14.7. The van der Waals surface area contributed by atoms with Gasteiger partial charge in [0.15, 0.2) is 9.84 Å². The second kappa shape index (κ2) is 7.85. The van der Waals surface area contributed by atoms with Gasteiger partial charge in [0.1, 0.15) is 0 Å². The molecule has 1 aliphatic heterocycles. The Morgan fingerprint density at radius 3 is 2.42 bits per heavy atom. The normalized spacial score (nSPS) is 15.3. The second-order valence-electron chi connectivity index (χ2n) is 6.40. The molecular formula is C20H22N2O3S. The Bertz CT molecular complexity index is 921. The van der Waals surface area contributed by atoms with E-state index in [1.807, 2.05) is 23.1 Å². The summed E-state index contributed by atoms with van der Waals surface area (Å²) < 4.78 is 23.7. The SMILES string of the molecule is CS(=O)(=O)c1ccccc1NC(=O)CN1CC=C(c2ccccc2)CC1. The first-order valence-electron chi connectivity index (χ1n) is 8.49. The summed E-state index contributed by atoms with van der Waals surface area (Å²) in [5, 5.41) is 2.73. The maximum absolute atomic E-state index is 12.3. The van der Waals surface area contributed by atoms with Gasteiger partial charge in [-0.25, -0.2) is 8.42 Å². The van der Waals surface area contributed by atoms with Gasteiger partial charge in [-0.15, -0.1) is 0 Å². The first-order valence-corrected chi connectivity index (χ1v) is 10.4. The Morgan fingerprint density at radius 2 is 1.77 bits per heavy atom. The number of anilines is 1. The highest BCUT2D eigenvalue weighted by atomic mass is 32.2. The lowest BCUT2D eigenvalue weighted by Crippen LogP contribution is -2.36. The van der Waals surface area contributed by atoms with Crippen molar-refractivity contribution in [2.24, 2.45) is 0 Å². The molecule has 0 aliphatic carbocycles. The van der Waals surface area contributed by atoms with Gasteiger partial charge in [0.2, 0.25) is 5.91 Å². The summed E-state index contributed by atoms with van der Waals surface area (Å²) >= 11 is 0. The lowest BCUT2D eigenvalue weighted by atomic mass is 10.00. The third-order valence-electron chi connectivity index (χ3n) is 4.37. The number of hydrogen-bond acceptors (Lipinski definition) is 4. The summed E-state index contributed by atoms with van der Waals surface area (Å²) in [6.07, 6.45) is 4.17. The van der Waals surface area contributed by atoms with Crippen LogP contribution in [-0.4, -0.2) is 45.1 Å². The van der Waals surface area contributed by atoms with E-state index in [0.29, 0.717) is 12.2 Å². The predicted molar refractivity (Wildman–Crippen MR) is 104 cm³/mol. The molecule has 26 heavy (non-hydrogen) atoms. The van der Waals surface area contributed by atoms with Gasteiger partial charge in [-0.3, -0.25) is 9.69 Å². The first-order chi connectivity index (χ1) is 12.4. The van der Waals surface area contributed by atoms with Crippen LogP contribution in [0.15, 0.2) is 65.6 Å². The van der Waals surface area contributed by atoms with E-state index in [2.05, 4.69) is 23.5 Å². The molecule has 5 nitrogen and oxygen atoms in total. The Morgan fingerprint density at radius 1 is 1.08 bits per heavy atom. The minimum atomic E-state index is -3.39. The minimum absolute atomic E-state index is 0.137. The summed E-state index contributed by atoms with van der Waals surface area (Å²) in [6.45, 7) is 1.73. The molecule has 0 fully saturated rings. The van der Waals surface area contributed by atoms with Crippen molar-refractivity contribution in [1.82, 2.24) is 4.90 Å². The van der Waals surface area contributed by atoms with Crippen LogP contribution >= 0.6 is 0 Å². The van der Waals surface area contributed by atoms with Crippen molar-refractivity contribution >= 4 is 27.0 Å². The molecule has 0 radical (unpaired) electrons. The van der Waals surface area contributed by atoms with Crippen molar-refractivity contribution < 1.29 is 13.2 Å². The van der Waals surface area contributed by atoms with E-state index in [0.717, 1.165) is 19.2 Å². The highest BCUT2D eigenvalue weighted by Crippen LogP contribution is 2.23. The van der Waals surface area contributed by atoms with Crippen molar-refractivity contribution in [3.05, 3.63) is 66.2 Å². The molecule has 136 valence electrons. The number of sulfone groups is 1. The predicted octanol–water partition coefficient (Wildman–Crippen LogP) is 2.82. The Labute approximate surface area is 154 Å². The minimum Gasteiger partial charge on any atom is -0.324 e. The van der Waals surface area contributed by atoms with E-state index < -0.39 is 9.84 Å². The first kappa shape index (κ1) is 18.4. The number of nitrogens with one attached hydrogen (secondary N) is 1. The molecule has 6 heteroatoms. The molecule has 1 amide bonds. The zero-order valence-corrected chi connectivity index (χ0v) is 15.5. The summed E-state index contributed by atoms with van der Waals surface area (Å²) in [5.41, 5.74) is 2.85. The molecule has 0 aromatic heterocycles. The largest absolute Gasteiger partial charge is 0.324 e. The number of para-hydroxylation sites is 1. The van der Waals surface area contributed by atoms with Crippen LogP contribution < -0.4 is 5.32 Å². The van der Waals surface area contributed by atoms with Crippen molar-refractivity contribution in [3.8, 4) is 0 Å². The highest BCUT2D eigenvalue weighted by Gasteiger charge is 2.18. The maximum atomic E-state index is 12.3. The van der Waals surface area contributed by atoms with E-state index in [-0.39, 0.29) is 17.3 Å². The number of rotatable bonds is 5. The maximum Gasteiger partial charge on any atom is 0.238 e. The van der Waals surface area contributed by atoms with Crippen LogP contribution in [0.1, 0.15) is 12.0 Å². The van der Waals surface area contributed by atoms with Gasteiger partial charge in [0.05, 0.1) is 17.1 Å². The fraction of sp³-hybridized carbons (Fsp3) is 0.250. The molecule has 0 saturated carbocycles. The van der Waals surface area contributed by atoms with Gasteiger partial charge >= 0.3 is 0 Å². The van der Waals surface area contributed by atoms with Crippen molar-refractivity contribution in [2.45, 2.75) is 11.3 Å². The number of hydrogen-bond donors (Lipinski definition) is 1. The van der Waals surface area contributed by atoms with E-state index in [1.165, 1.54) is 17.2 Å². The fourth-order valence-electron chi connectivity index (χ4n) is 3.06. The zero-order chi connectivity index (χ0) is 18.6. The van der Waals surface area contributed by atoms with Crippen molar-refractivity contribution in [3.63, 3.8) is 0 Å². The summed E-state index contributed by atoms with van der Waals surface area (Å²) in [7, 11) is -3.39. The average molecular weight is 370 g/mol. The van der Waals surface area contributed by atoms with Gasteiger partial charge in [-0.05, 0) is 29.7 Å². The monoisotopic (exact) mass is 370 g/mol. The molecule has 0 atom stereocenters. The number of amides is 1. The van der Waals surface area contributed by atoms with Gasteiger partial charge in [0.25, 0.3) is 0 Å². The second-order valence-corrected chi connectivity index (χ2v) is 8.38. The van der Waals surface area contributed by atoms with Crippen LogP contribution in [0.5, 0.6) is 0 Å². The molecule has 0 spiro atoms. The van der Waals surface area contributed by atoms with E-state index >= 15 is 0 Å². The molecule has 0 saturated heterocycles. The standard InChI is InChI=1S/C20H22N2O3S/c1-26(24,25)19-10-6-5-9-18(19)21-20(23)15-22-13-11-17(12-14-22)16-7-3-2-4-8-16/h2-11H,12-15H2,1H3,(H,21,23). The number of benzene rings is 2. The fourth-order valence-corrected chi connectivity index (χ4v) is 3.90. The number of carbonyl (C=O) groups excluding carboxylic acids is 1. The van der Waals surface area contributed by atoms with E-state index in [1.54, 1.807) is 18.2 Å². The van der Waals surface area contributed by atoms with Gasteiger partial charge < -0.3 is 5.32 Å². The number of nitrogens with zero attached hydrogens (tertiary/aromatic N) is 1. The van der Waals surface area contributed by atoms with Gasteiger partial charge in [-0.1, -0.05) is 48.5 Å². The topological polar surface area (TPSA) is 66.5 Å². The summed E-state index contributed by atoms with van der Waals surface area (Å²) in [6, 6.07) is 16.7. The molecule has 0 bridgehead atoms. The van der Waals surface area contributed by atoms with Crippen LogP contribution in [0.4, 0.5) is 5.69 Å². The molecule has 2 aromatic carbocycles. The Balaban J connectivity index is 1.61. The van der Waals surface area contributed by atoms with Gasteiger partial charge in [-0.2, -0.15) is 0 Å². The molecule has 1 N–H and O–H groups in total. The molecular weight excluding hydrogens is 348 g/mol. The summed E-state index contributed by atoms with van der Waals surface area (Å²) in [4.78, 5) is 14.5. The molecule has 3 rings (SSSR count). The average Bonchev–Trinajstić information content (AvgIpc) is 2.62. The number of carbonyl (C=O) groups is 1. The van der Waals surface area contributed by atoms with Crippen molar-refractivity contribution in [2.75, 3.05) is 31.2 Å². The Kier molecular flexibility index (Phi) is 5.54. The quantitative estimate of drug-likeness (QED) is 0.879.